The van der Waals surface area contributed by atoms with Gasteiger partial charge in [-0.1, -0.05) is 11.6 Å². The van der Waals surface area contributed by atoms with Crippen molar-refractivity contribution in [2.45, 2.75) is 19.4 Å². The molecule has 1 atom stereocenters. The number of hydrogen-bond donors (Lipinski definition) is 1. The number of nitrogens with one attached hydrogen (secondary N) is 1. The molecule has 0 saturated carbocycles. The van der Waals surface area contributed by atoms with Crippen LogP contribution in [-0.2, 0) is 0 Å². The van der Waals surface area contributed by atoms with Gasteiger partial charge in [0.25, 0.3) is 0 Å². The van der Waals surface area contributed by atoms with Gasteiger partial charge in [0.15, 0.2) is 11.4 Å². The first-order valence-electron chi connectivity index (χ1n) is 7.44. The van der Waals surface area contributed by atoms with Gasteiger partial charge in [-0.05, 0) is 38.6 Å². The number of aromatic nitrogens is 2. The molecule has 4 rings (SSSR count). The highest BCUT2D eigenvalue weighted by molar-refractivity contribution is 6.31. The van der Waals surface area contributed by atoms with Gasteiger partial charge in [0.05, 0.1) is 0 Å². The van der Waals surface area contributed by atoms with Crippen LogP contribution in [-0.4, -0.2) is 36.1 Å². The second-order valence-electron chi connectivity index (χ2n) is 5.73. The molecule has 5 nitrogen and oxygen atoms in total. The second kappa shape index (κ2) is 5.11. The minimum Gasteiger partial charge on any atom is -0.450 e. The minimum atomic E-state index is 0.490. The zero-order valence-electron chi connectivity index (χ0n) is 12.6. The van der Waals surface area contributed by atoms with E-state index in [1.165, 1.54) is 0 Å². The molecule has 0 spiro atoms. The van der Waals surface area contributed by atoms with Crippen LogP contribution in [0, 0.1) is 6.92 Å². The predicted octanol–water partition coefficient (Wildman–Crippen LogP) is 3.14. The Hall–Kier alpha value is -1.85. The van der Waals surface area contributed by atoms with Crippen LogP contribution in [0.3, 0.4) is 0 Å². The average molecular weight is 317 g/mol. The van der Waals surface area contributed by atoms with E-state index in [4.69, 9.17) is 16.0 Å². The van der Waals surface area contributed by atoms with Crippen LogP contribution in [0.25, 0.3) is 22.1 Å². The Morgan fingerprint density at radius 1 is 1.36 bits per heavy atom. The number of furan rings is 1. The Kier molecular flexibility index (Phi) is 3.20. The number of benzene rings is 1. The lowest BCUT2D eigenvalue weighted by Gasteiger charge is -2.17. The Labute approximate surface area is 133 Å². The summed E-state index contributed by atoms with van der Waals surface area (Å²) >= 11 is 6.12. The molecule has 114 valence electrons. The van der Waals surface area contributed by atoms with Gasteiger partial charge in [-0.25, -0.2) is 9.97 Å². The Bertz CT molecular complexity index is 860. The van der Waals surface area contributed by atoms with Gasteiger partial charge in [-0.3, -0.25) is 0 Å². The molecule has 3 aromatic rings. The molecule has 0 unspecified atom stereocenters. The van der Waals surface area contributed by atoms with E-state index in [1.54, 1.807) is 0 Å². The summed E-state index contributed by atoms with van der Waals surface area (Å²) < 4.78 is 6.03. The monoisotopic (exact) mass is 316 g/mol. The second-order valence-corrected chi connectivity index (χ2v) is 6.17. The molecule has 6 heteroatoms. The maximum Gasteiger partial charge on any atom is 0.196 e. The van der Waals surface area contributed by atoms with Crippen molar-refractivity contribution in [3.8, 4) is 0 Å². The highest BCUT2D eigenvalue weighted by Gasteiger charge is 2.26. The molecule has 0 radical (unpaired) electrons. The van der Waals surface area contributed by atoms with Crippen LogP contribution in [0.5, 0.6) is 0 Å². The third kappa shape index (κ3) is 2.12. The lowest BCUT2D eigenvalue weighted by atomic mass is 10.2. The first kappa shape index (κ1) is 13.8. The van der Waals surface area contributed by atoms with Gasteiger partial charge in [0.1, 0.15) is 16.9 Å². The standard InChI is InChI=1S/C16H17ClN4O/c1-9-19-14-12-7-10(17)3-4-13(12)22-15(14)16(20-9)21-6-5-11(8-21)18-2/h3-4,7,11,18H,5-6,8H2,1-2H3/t11-/m1/s1. The highest BCUT2D eigenvalue weighted by atomic mass is 35.5. The van der Waals surface area contributed by atoms with E-state index in [0.717, 1.165) is 53.2 Å². The fourth-order valence-electron chi connectivity index (χ4n) is 3.11. The number of hydrogen-bond acceptors (Lipinski definition) is 5. The summed E-state index contributed by atoms with van der Waals surface area (Å²) in [6.45, 7) is 3.81. The number of nitrogens with zero attached hydrogens (tertiary/aromatic N) is 3. The molecule has 1 aromatic carbocycles. The Balaban J connectivity index is 1.93. The van der Waals surface area contributed by atoms with Crippen molar-refractivity contribution in [2.75, 3.05) is 25.0 Å². The first-order valence-corrected chi connectivity index (χ1v) is 7.82. The van der Waals surface area contributed by atoms with Crippen LogP contribution < -0.4 is 10.2 Å². The van der Waals surface area contributed by atoms with E-state index in [2.05, 4.69) is 20.2 Å². The molecule has 3 heterocycles. The van der Waals surface area contributed by atoms with Gasteiger partial charge in [-0.2, -0.15) is 0 Å². The molecule has 2 aromatic heterocycles. The summed E-state index contributed by atoms with van der Waals surface area (Å²) in [6.07, 6.45) is 1.10. The summed E-state index contributed by atoms with van der Waals surface area (Å²) in [5.41, 5.74) is 2.39. The molecular weight excluding hydrogens is 300 g/mol. The third-order valence-corrected chi connectivity index (χ3v) is 4.50. The number of fused-ring (bicyclic) bond motifs is 3. The molecule has 1 N–H and O–H groups in total. The summed E-state index contributed by atoms with van der Waals surface area (Å²) in [6, 6.07) is 6.11. The third-order valence-electron chi connectivity index (χ3n) is 4.26. The summed E-state index contributed by atoms with van der Waals surface area (Å²) in [4.78, 5) is 11.5. The number of anilines is 1. The minimum absolute atomic E-state index is 0.490. The number of rotatable bonds is 2. The average Bonchev–Trinajstić information content (AvgIpc) is 3.11. The fraction of sp³-hybridized carbons (Fsp3) is 0.375. The van der Waals surface area contributed by atoms with Gasteiger partial charge < -0.3 is 14.6 Å². The lowest BCUT2D eigenvalue weighted by Crippen LogP contribution is -2.30. The van der Waals surface area contributed by atoms with E-state index in [1.807, 2.05) is 32.2 Å². The van der Waals surface area contributed by atoms with Crippen LogP contribution in [0.1, 0.15) is 12.2 Å². The van der Waals surface area contributed by atoms with Gasteiger partial charge in [-0.15, -0.1) is 0 Å². The zero-order chi connectivity index (χ0) is 15.3. The smallest absolute Gasteiger partial charge is 0.196 e. The molecule has 0 aliphatic carbocycles. The van der Waals surface area contributed by atoms with Crippen molar-refractivity contribution in [3.63, 3.8) is 0 Å². The first-order chi connectivity index (χ1) is 10.7. The zero-order valence-corrected chi connectivity index (χ0v) is 13.3. The number of halogens is 1. The van der Waals surface area contributed by atoms with Crippen LogP contribution >= 0.6 is 11.6 Å². The highest BCUT2D eigenvalue weighted by Crippen LogP contribution is 2.35. The largest absolute Gasteiger partial charge is 0.450 e. The van der Waals surface area contributed by atoms with E-state index >= 15 is 0 Å². The molecule has 1 saturated heterocycles. The quantitative estimate of drug-likeness (QED) is 0.787. The maximum atomic E-state index is 6.12. The fourth-order valence-corrected chi connectivity index (χ4v) is 3.28. The molecule has 1 fully saturated rings. The predicted molar refractivity (Wildman–Crippen MR) is 88.7 cm³/mol. The van der Waals surface area contributed by atoms with Crippen LogP contribution in [0.15, 0.2) is 22.6 Å². The molecule has 22 heavy (non-hydrogen) atoms. The Morgan fingerprint density at radius 3 is 3.00 bits per heavy atom. The summed E-state index contributed by atoms with van der Waals surface area (Å²) in [5.74, 6) is 1.63. The normalized spacial score (nSPS) is 18.7. The van der Waals surface area contributed by atoms with Crippen molar-refractivity contribution in [1.82, 2.24) is 15.3 Å². The van der Waals surface area contributed by atoms with Crippen LogP contribution in [0.2, 0.25) is 5.02 Å². The Morgan fingerprint density at radius 2 is 2.23 bits per heavy atom. The van der Waals surface area contributed by atoms with Gasteiger partial charge in [0.2, 0.25) is 0 Å². The summed E-state index contributed by atoms with van der Waals surface area (Å²) in [7, 11) is 2.00. The van der Waals surface area contributed by atoms with E-state index in [-0.39, 0.29) is 0 Å². The van der Waals surface area contributed by atoms with E-state index in [0.29, 0.717) is 11.1 Å². The molecule has 0 bridgehead atoms. The van der Waals surface area contributed by atoms with Crippen molar-refractivity contribution in [1.29, 1.82) is 0 Å². The van der Waals surface area contributed by atoms with Crippen molar-refractivity contribution < 1.29 is 4.42 Å². The van der Waals surface area contributed by atoms with E-state index < -0.39 is 0 Å². The molecule has 1 aliphatic rings. The van der Waals surface area contributed by atoms with Gasteiger partial charge >= 0.3 is 0 Å². The SMILES string of the molecule is CN[C@@H]1CCN(c2nc(C)nc3c2oc2ccc(Cl)cc23)C1. The van der Waals surface area contributed by atoms with Crippen molar-refractivity contribution >= 4 is 39.5 Å². The van der Waals surface area contributed by atoms with Crippen LogP contribution in [0.4, 0.5) is 5.82 Å². The van der Waals surface area contributed by atoms with E-state index in [9.17, 15) is 0 Å². The summed E-state index contributed by atoms with van der Waals surface area (Å²) in [5, 5.41) is 4.96. The number of likely N-dealkylation sites (N-methyl/N-ethyl adjacent to an activating group) is 1. The molecule has 0 amide bonds. The van der Waals surface area contributed by atoms with Gasteiger partial charge in [0, 0.05) is 29.5 Å². The lowest BCUT2D eigenvalue weighted by molar-refractivity contribution is 0.615. The topological polar surface area (TPSA) is 54.2 Å². The molecule has 1 aliphatic heterocycles. The van der Waals surface area contributed by atoms with Crippen molar-refractivity contribution in [3.05, 3.63) is 29.0 Å². The molecular formula is C16H17ClN4O. The van der Waals surface area contributed by atoms with Crippen molar-refractivity contribution in [2.24, 2.45) is 0 Å². The maximum absolute atomic E-state index is 6.12. The number of aryl methyl sites for hydroxylation is 1.